The normalized spacial score (nSPS) is 10.7. The molecule has 132 valence electrons. The van der Waals surface area contributed by atoms with Gasteiger partial charge in [-0.25, -0.2) is 0 Å². The number of rotatable bonds is 6. The third-order valence-corrected chi connectivity index (χ3v) is 3.73. The Morgan fingerprint density at radius 3 is 2.59 bits per heavy atom. The van der Waals surface area contributed by atoms with Crippen molar-refractivity contribution < 1.29 is 9.53 Å². The molecule has 1 heterocycles. The van der Waals surface area contributed by atoms with Crippen molar-refractivity contribution in [1.82, 2.24) is 4.98 Å². The van der Waals surface area contributed by atoms with Crippen LogP contribution in [0.1, 0.15) is 11.1 Å². The number of para-hydroxylation sites is 2. The van der Waals surface area contributed by atoms with Crippen LogP contribution in [0.25, 0.3) is 6.08 Å². The Kier molecular flexibility index (Phi) is 5.95. The van der Waals surface area contributed by atoms with Crippen LogP contribution in [0.15, 0.2) is 84.7 Å². The first-order valence-corrected chi connectivity index (χ1v) is 8.35. The van der Waals surface area contributed by atoms with Gasteiger partial charge in [-0.3, -0.25) is 9.78 Å². The minimum Gasteiger partial charge on any atom is -0.488 e. The number of carbonyl (C=O) groups excluding carboxylic acids is 1. The van der Waals surface area contributed by atoms with Crippen molar-refractivity contribution in [2.45, 2.75) is 6.61 Å². The largest absolute Gasteiger partial charge is 0.488 e. The van der Waals surface area contributed by atoms with Crippen LogP contribution < -0.4 is 10.1 Å². The molecule has 1 amide bonds. The first-order valence-electron chi connectivity index (χ1n) is 8.35. The fourth-order valence-corrected chi connectivity index (χ4v) is 2.40. The Morgan fingerprint density at radius 1 is 1.07 bits per heavy atom. The number of nitrogens with one attached hydrogen (secondary N) is 1. The van der Waals surface area contributed by atoms with Gasteiger partial charge in [0.1, 0.15) is 24.0 Å². The third-order valence-electron chi connectivity index (χ3n) is 3.73. The maximum Gasteiger partial charge on any atom is 0.266 e. The number of nitriles is 1. The summed E-state index contributed by atoms with van der Waals surface area (Å²) in [6.07, 6.45) is 4.95. The summed E-state index contributed by atoms with van der Waals surface area (Å²) in [6.45, 7) is 0.344. The fraction of sp³-hybridized carbons (Fsp3) is 0.0455. The van der Waals surface area contributed by atoms with Crippen LogP contribution in [0.2, 0.25) is 0 Å². The maximum atomic E-state index is 12.4. The van der Waals surface area contributed by atoms with Crippen molar-refractivity contribution in [3.63, 3.8) is 0 Å². The summed E-state index contributed by atoms with van der Waals surface area (Å²) in [6, 6.07) is 22.0. The second-order valence-electron chi connectivity index (χ2n) is 5.68. The van der Waals surface area contributed by atoms with Crippen LogP contribution in [0, 0.1) is 11.3 Å². The number of carbonyl (C=O) groups is 1. The van der Waals surface area contributed by atoms with Gasteiger partial charge in [0.25, 0.3) is 5.91 Å². The molecule has 3 rings (SSSR count). The minimum atomic E-state index is -0.467. The summed E-state index contributed by atoms with van der Waals surface area (Å²) in [5.41, 5.74) is 2.21. The molecule has 0 aliphatic heterocycles. The summed E-state index contributed by atoms with van der Waals surface area (Å²) in [5, 5.41) is 12.1. The number of pyridine rings is 1. The minimum absolute atomic E-state index is 0.00344. The molecule has 5 nitrogen and oxygen atoms in total. The molecule has 0 atom stereocenters. The molecule has 5 heteroatoms. The molecular weight excluding hydrogens is 338 g/mol. The molecule has 0 aliphatic rings. The number of nitrogens with zero attached hydrogens (tertiary/aromatic N) is 2. The van der Waals surface area contributed by atoms with Crippen molar-refractivity contribution >= 4 is 17.7 Å². The summed E-state index contributed by atoms with van der Waals surface area (Å²) in [7, 11) is 0. The second kappa shape index (κ2) is 8.97. The van der Waals surface area contributed by atoms with Gasteiger partial charge in [0.15, 0.2) is 0 Å². The van der Waals surface area contributed by atoms with Gasteiger partial charge in [-0.05, 0) is 30.3 Å². The molecule has 1 N–H and O–H groups in total. The van der Waals surface area contributed by atoms with Crippen molar-refractivity contribution in [3.05, 3.63) is 95.8 Å². The zero-order valence-corrected chi connectivity index (χ0v) is 14.5. The van der Waals surface area contributed by atoms with E-state index in [1.54, 1.807) is 36.7 Å². The van der Waals surface area contributed by atoms with Gasteiger partial charge in [-0.15, -0.1) is 0 Å². The van der Waals surface area contributed by atoms with Gasteiger partial charge in [0.05, 0.1) is 0 Å². The van der Waals surface area contributed by atoms with Gasteiger partial charge < -0.3 is 10.1 Å². The number of hydrogen-bond acceptors (Lipinski definition) is 4. The highest BCUT2D eigenvalue weighted by atomic mass is 16.5. The van der Waals surface area contributed by atoms with Crippen LogP contribution in [0.4, 0.5) is 5.69 Å². The van der Waals surface area contributed by atoms with E-state index in [4.69, 9.17) is 4.74 Å². The number of aromatic nitrogens is 1. The molecule has 0 fully saturated rings. The lowest BCUT2D eigenvalue weighted by Crippen LogP contribution is -2.13. The zero-order chi connectivity index (χ0) is 18.9. The highest BCUT2D eigenvalue weighted by Gasteiger charge is 2.11. The Labute approximate surface area is 157 Å². The van der Waals surface area contributed by atoms with Gasteiger partial charge >= 0.3 is 0 Å². The number of ether oxygens (including phenoxy) is 1. The van der Waals surface area contributed by atoms with E-state index >= 15 is 0 Å². The quantitative estimate of drug-likeness (QED) is 0.531. The number of anilines is 1. The molecule has 0 saturated heterocycles. The average molecular weight is 355 g/mol. The molecule has 0 spiro atoms. The summed E-state index contributed by atoms with van der Waals surface area (Å²) < 4.78 is 5.84. The zero-order valence-electron chi connectivity index (χ0n) is 14.5. The van der Waals surface area contributed by atoms with Crippen LogP contribution in [-0.4, -0.2) is 10.9 Å². The van der Waals surface area contributed by atoms with Crippen molar-refractivity contribution in [2.75, 3.05) is 5.32 Å². The molecule has 0 radical (unpaired) electrons. The van der Waals surface area contributed by atoms with Crippen molar-refractivity contribution in [1.29, 1.82) is 5.26 Å². The summed E-state index contributed by atoms with van der Waals surface area (Å²) in [5.74, 6) is 0.118. The molecule has 0 bridgehead atoms. The summed E-state index contributed by atoms with van der Waals surface area (Å²) >= 11 is 0. The molecule has 0 aliphatic carbocycles. The molecule has 0 unspecified atom stereocenters. The predicted molar refractivity (Wildman–Crippen MR) is 104 cm³/mol. The predicted octanol–water partition coefficient (Wildman–Crippen LogP) is 4.21. The molecule has 3 aromatic rings. The van der Waals surface area contributed by atoms with Crippen LogP contribution in [-0.2, 0) is 11.4 Å². The van der Waals surface area contributed by atoms with Crippen LogP contribution in [0.3, 0.4) is 0 Å². The van der Waals surface area contributed by atoms with Crippen LogP contribution >= 0.6 is 0 Å². The first kappa shape index (κ1) is 17.9. The molecular formula is C22H17N3O2. The monoisotopic (exact) mass is 355 g/mol. The van der Waals surface area contributed by atoms with E-state index in [0.717, 1.165) is 5.56 Å². The van der Waals surface area contributed by atoms with Gasteiger partial charge in [-0.1, -0.05) is 42.5 Å². The van der Waals surface area contributed by atoms with Gasteiger partial charge in [-0.2, -0.15) is 5.26 Å². The highest BCUT2D eigenvalue weighted by molar-refractivity contribution is 6.09. The van der Waals surface area contributed by atoms with Gasteiger partial charge in [0.2, 0.25) is 0 Å². The number of benzene rings is 2. The fourth-order valence-electron chi connectivity index (χ4n) is 2.40. The van der Waals surface area contributed by atoms with E-state index in [1.165, 1.54) is 6.08 Å². The maximum absolute atomic E-state index is 12.4. The molecule has 27 heavy (non-hydrogen) atoms. The Hall–Kier alpha value is -3.91. The van der Waals surface area contributed by atoms with E-state index < -0.39 is 5.91 Å². The Balaban J connectivity index is 1.78. The Bertz CT molecular complexity index is 977. The lowest BCUT2D eigenvalue weighted by Gasteiger charge is -2.10. The number of hydrogen-bond donors (Lipinski definition) is 1. The van der Waals surface area contributed by atoms with E-state index in [0.29, 0.717) is 23.6 Å². The van der Waals surface area contributed by atoms with Crippen LogP contribution in [0.5, 0.6) is 5.75 Å². The summed E-state index contributed by atoms with van der Waals surface area (Å²) in [4.78, 5) is 16.4. The van der Waals surface area contributed by atoms with E-state index in [9.17, 15) is 10.1 Å². The standard InChI is InChI=1S/C22H17N3O2/c23-14-19(22(26)25-20-9-2-1-3-10-20)13-18-8-4-5-11-21(18)27-16-17-7-6-12-24-15-17/h1-13,15H,16H2,(H,25,26)/b19-13+. The smallest absolute Gasteiger partial charge is 0.266 e. The lowest BCUT2D eigenvalue weighted by atomic mass is 10.1. The van der Waals surface area contributed by atoms with Crippen molar-refractivity contribution in [2.24, 2.45) is 0 Å². The SMILES string of the molecule is N#C/C(=C\c1ccccc1OCc1cccnc1)C(=O)Nc1ccccc1. The molecule has 2 aromatic carbocycles. The van der Waals surface area contributed by atoms with E-state index in [-0.39, 0.29) is 5.57 Å². The van der Waals surface area contributed by atoms with Crippen molar-refractivity contribution in [3.8, 4) is 11.8 Å². The van der Waals surface area contributed by atoms with E-state index in [1.807, 2.05) is 48.5 Å². The average Bonchev–Trinajstić information content (AvgIpc) is 2.72. The van der Waals surface area contributed by atoms with Gasteiger partial charge in [0, 0.05) is 29.2 Å². The third kappa shape index (κ3) is 5.03. The topological polar surface area (TPSA) is 75.0 Å². The molecule has 1 aromatic heterocycles. The first-order chi connectivity index (χ1) is 13.3. The Morgan fingerprint density at radius 2 is 1.85 bits per heavy atom. The number of amides is 1. The highest BCUT2D eigenvalue weighted by Crippen LogP contribution is 2.22. The lowest BCUT2D eigenvalue weighted by molar-refractivity contribution is -0.112. The van der Waals surface area contributed by atoms with E-state index in [2.05, 4.69) is 10.3 Å². The molecule has 0 saturated carbocycles. The second-order valence-corrected chi connectivity index (χ2v) is 5.68.